The number of rotatable bonds is 4. The van der Waals surface area contributed by atoms with Crippen LogP contribution in [0, 0.1) is 0 Å². The molecule has 1 aromatic heterocycles. The monoisotopic (exact) mass is 508 g/mol. The van der Waals surface area contributed by atoms with Crippen LogP contribution in [0.15, 0.2) is 41.3 Å². The van der Waals surface area contributed by atoms with Gasteiger partial charge in [0.15, 0.2) is 0 Å². The summed E-state index contributed by atoms with van der Waals surface area (Å²) in [5.41, 5.74) is 0.328. The van der Waals surface area contributed by atoms with Gasteiger partial charge in [0.1, 0.15) is 5.76 Å². The number of hydrogen-bond donors (Lipinski definition) is 1. The second-order valence-corrected chi connectivity index (χ2v) is 9.56. The van der Waals surface area contributed by atoms with Gasteiger partial charge in [-0.1, -0.05) is 29.3 Å². The Kier molecular flexibility index (Phi) is 6.97. The molecule has 2 fully saturated rings. The maximum absolute atomic E-state index is 13.2. The standard InChI is InChI=1S/C23H22Cl2N2O5S/c1-2-32-23(31)26-9-7-14(8-10-26)27-19(17-4-3-11-33-17)18(21(29)22(27)30)20(28)13-5-6-15(24)16(25)12-13/h3-6,11-12,14,19,28H,2,7-10H2,1H3/b20-18-. The van der Waals surface area contributed by atoms with E-state index in [9.17, 15) is 19.5 Å². The number of nitrogens with zero attached hydrogens (tertiary/aromatic N) is 2. The zero-order chi connectivity index (χ0) is 23.7. The molecule has 0 saturated carbocycles. The second-order valence-electron chi connectivity index (χ2n) is 7.77. The summed E-state index contributed by atoms with van der Waals surface area (Å²) in [5.74, 6) is -1.70. The van der Waals surface area contributed by atoms with Crippen LogP contribution in [0.5, 0.6) is 0 Å². The molecule has 1 atom stereocenters. The minimum absolute atomic E-state index is 0.0219. The molecule has 0 aliphatic carbocycles. The highest BCUT2D eigenvalue weighted by molar-refractivity contribution is 7.10. The number of ketones is 1. The Morgan fingerprint density at radius 2 is 1.91 bits per heavy atom. The van der Waals surface area contributed by atoms with Crippen LogP contribution >= 0.6 is 34.5 Å². The van der Waals surface area contributed by atoms with E-state index in [2.05, 4.69) is 0 Å². The highest BCUT2D eigenvalue weighted by Crippen LogP contribution is 2.44. The quantitative estimate of drug-likeness (QED) is 0.352. The van der Waals surface area contributed by atoms with Crippen LogP contribution in [0.1, 0.15) is 36.2 Å². The molecule has 4 rings (SSSR count). The van der Waals surface area contributed by atoms with Crippen LogP contribution in [-0.2, 0) is 14.3 Å². The highest BCUT2D eigenvalue weighted by Gasteiger charge is 2.49. The molecule has 0 radical (unpaired) electrons. The van der Waals surface area contributed by atoms with E-state index in [1.165, 1.54) is 23.5 Å². The topological polar surface area (TPSA) is 87.2 Å². The molecule has 2 saturated heterocycles. The van der Waals surface area contributed by atoms with E-state index in [0.717, 1.165) is 4.88 Å². The Balaban J connectivity index is 1.70. The fraction of sp³-hybridized carbons (Fsp3) is 0.348. The molecule has 10 heteroatoms. The number of aliphatic hydroxyl groups excluding tert-OH is 1. The van der Waals surface area contributed by atoms with Crippen molar-refractivity contribution in [3.63, 3.8) is 0 Å². The lowest BCUT2D eigenvalue weighted by Gasteiger charge is -2.38. The van der Waals surface area contributed by atoms with Gasteiger partial charge >= 0.3 is 6.09 Å². The van der Waals surface area contributed by atoms with Crippen molar-refractivity contribution in [1.29, 1.82) is 0 Å². The van der Waals surface area contributed by atoms with Gasteiger partial charge in [-0.3, -0.25) is 9.59 Å². The summed E-state index contributed by atoms with van der Waals surface area (Å²) >= 11 is 13.5. The first-order valence-corrected chi connectivity index (χ1v) is 12.2. The first-order chi connectivity index (χ1) is 15.8. The van der Waals surface area contributed by atoms with Crippen LogP contribution in [-0.4, -0.2) is 58.4 Å². The number of ether oxygens (including phenoxy) is 1. The molecular formula is C23H22Cl2N2O5S. The molecule has 174 valence electrons. The lowest BCUT2D eigenvalue weighted by atomic mass is 9.97. The van der Waals surface area contributed by atoms with Gasteiger partial charge in [-0.2, -0.15) is 0 Å². The zero-order valence-electron chi connectivity index (χ0n) is 17.8. The molecule has 0 spiro atoms. The van der Waals surface area contributed by atoms with Crippen molar-refractivity contribution < 1.29 is 24.2 Å². The van der Waals surface area contributed by atoms with Crippen LogP contribution in [0.25, 0.3) is 5.76 Å². The number of halogens is 2. The van der Waals surface area contributed by atoms with Crippen molar-refractivity contribution in [3.8, 4) is 0 Å². The summed E-state index contributed by atoms with van der Waals surface area (Å²) in [7, 11) is 0. The van der Waals surface area contributed by atoms with E-state index in [1.54, 1.807) is 22.8 Å². The summed E-state index contributed by atoms with van der Waals surface area (Å²) in [6.07, 6.45) is 0.619. The summed E-state index contributed by atoms with van der Waals surface area (Å²) in [5, 5.41) is 13.5. The van der Waals surface area contributed by atoms with Crippen LogP contribution < -0.4 is 0 Å². The Morgan fingerprint density at radius 3 is 2.52 bits per heavy atom. The van der Waals surface area contributed by atoms with Gasteiger partial charge in [-0.25, -0.2) is 4.79 Å². The Hall–Kier alpha value is -2.55. The van der Waals surface area contributed by atoms with Gasteiger partial charge < -0.3 is 19.6 Å². The lowest BCUT2D eigenvalue weighted by molar-refractivity contribution is -0.142. The van der Waals surface area contributed by atoms with Gasteiger partial charge in [0, 0.05) is 29.6 Å². The largest absolute Gasteiger partial charge is 0.507 e. The van der Waals surface area contributed by atoms with Crippen molar-refractivity contribution in [1.82, 2.24) is 9.80 Å². The SMILES string of the molecule is CCOC(=O)N1CCC(N2C(=O)C(=O)/C(=C(\O)c3ccc(Cl)c(Cl)c3)C2c2cccs2)CC1. The molecule has 1 N–H and O–H groups in total. The third-order valence-corrected chi connectivity index (χ3v) is 7.53. The normalized spacial score (nSPS) is 21.0. The molecular weight excluding hydrogens is 487 g/mol. The highest BCUT2D eigenvalue weighted by atomic mass is 35.5. The number of hydrogen-bond acceptors (Lipinski definition) is 6. The smallest absolute Gasteiger partial charge is 0.409 e. The Morgan fingerprint density at radius 1 is 1.18 bits per heavy atom. The molecule has 1 aromatic carbocycles. The number of carbonyl (C=O) groups excluding carboxylic acids is 3. The number of likely N-dealkylation sites (tertiary alicyclic amines) is 2. The molecule has 3 heterocycles. The number of amides is 2. The van der Waals surface area contributed by atoms with E-state index in [4.69, 9.17) is 27.9 Å². The zero-order valence-corrected chi connectivity index (χ0v) is 20.1. The average Bonchev–Trinajstić information content (AvgIpc) is 3.42. The van der Waals surface area contributed by atoms with Crippen molar-refractivity contribution in [3.05, 3.63) is 61.8 Å². The summed E-state index contributed by atoms with van der Waals surface area (Å²) in [6, 6.07) is 7.24. The lowest BCUT2D eigenvalue weighted by Crippen LogP contribution is -2.48. The second kappa shape index (κ2) is 9.75. The predicted octanol–water partition coefficient (Wildman–Crippen LogP) is 5.10. The van der Waals surface area contributed by atoms with Crippen molar-refractivity contribution in [2.45, 2.75) is 31.8 Å². The maximum Gasteiger partial charge on any atom is 0.409 e. The molecule has 7 nitrogen and oxygen atoms in total. The van der Waals surface area contributed by atoms with Crippen LogP contribution in [0.3, 0.4) is 0 Å². The van der Waals surface area contributed by atoms with Gasteiger partial charge in [0.2, 0.25) is 0 Å². The third-order valence-electron chi connectivity index (χ3n) is 5.87. The van der Waals surface area contributed by atoms with Gasteiger partial charge in [-0.05, 0) is 49.4 Å². The summed E-state index contributed by atoms with van der Waals surface area (Å²) in [6.45, 7) is 2.87. The van der Waals surface area contributed by atoms with Gasteiger partial charge in [-0.15, -0.1) is 11.3 Å². The minimum Gasteiger partial charge on any atom is -0.507 e. The number of aliphatic hydroxyl groups is 1. The molecule has 2 aliphatic heterocycles. The number of carbonyl (C=O) groups is 3. The van der Waals surface area contributed by atoms with E-state index in [1.807, 2.05) is 17.5 Å². The molecule has 2 amide bonds. The fourth-order valence-corrected chi connectivity index (χ4v) is 5.42. The predicted molar refractivity (Wildman–Crippen MR) is 127 cm³/mol. The first kappa shape index (κ1) is 23.6. The summed E-state index contributed by atoms with van der Waals surface area (Å²) < 4.78 is 5.07. The number of thiophene rings is 1. The molecule has 0 bridgehead atoms. The third kappa shape index (κ3) is 4.47. The fourth-order valence-electron chi connectivity index (χ4n) is 4.29. The maximum atomic E-state index is 13.2. The Bertz CT molecular complexity index is 1110. The molecule has 2 aliphatic rings. The first-order valence-electron chi connectivity index (χ1n) is 10.5. The molecule has 33 heavy (non-hydrogen) atoms. The van der Waals surface area contributed by atoms with E-state index in [0.29, 0.717) is 43.1 Å². The average molecular weight is 509 g/mol. The van der Waals surface area contributed by atoms with Crippen molar-refractivity contribution in [2.24, 2.45) is 0 Å². The number of Topliss-reactive ketones (excluding diaryl/α,β-unsaturated/α-hetero) is 1. The molecule has 2 aromatic rings. The molecule has 1 unspecified atom stereocenters. The van der Waals surface area contributed by atoms with Crippen LogP contribution in [0.2, 0.25) is 10.0 Å². The summed E-state index contributed by atoms with van der Waals surface area (Å²) in [4.78, 5) is 42.3. The van der Waals surface area contributed by atoms with E-state index < -0.39 is 17.7 Å². The van der Waals surface area contributed by atoms with E-state index in [-0.39, 0.29) is 28.5 Å². The Labute approximate surface area is 205 Å². The van der Waals surface area contributed by atoms with Gasteiger partial charge in [0.05, 0.1) is 28.3 Å². The van der Waals surface area contributed by atoms with Crippen molar-refractivity contribution >= 4 is 58.1 Å². The van der Waals surface area contributed by atoms with Gasteiger partial charge in [0.25, 0.3) is 11.7 Å². The van der Waals surface area contributed by atoms with E-state index >= 15 is 0 Å². The van der Waals surface area contributed by atoms with Crippen LogP contribution in [0.4, 0.5) is 4.79 Å². The van der Waals surface area contributed by atoms with Crippen molar-refractivity contribution in [2.75, 3.05) is 19.7 Å². The number of benzene rings is 1. The minimum atomic E-state index is -0.746. The number of piperidine rings is 1.